The number of nitrogens with zero attached hydrogens (tertiary/aromatic N) is 3. The number of halogens is 2. The Balaban J connectivity index is 2.87. The van der Waals surface area contributed by atoms with E-state index in [9.17, 15) is 0 Å². The predicted molar refractivity (Wildman–Crippen MR) is 51.8 cm³/mol. The normalized spacial score (nSPS) is 10.6. The second kappa shape index (κ2) is 2.97. The topological polar surface area (TPSA) is 64.7 Å². The first-order valence-corrected chi connectivity index (χ1v) is 4.16. The highest BCUT2D eigenvalue weighted by Gasteiger charge is 2.05. The molecule has 0 amide bonds. The van der Waals surface area contributed by atoms with Gasteiger partial charge in [-0.1, -0.05) is 11.6 Å². The zero-order valence-electron chi connectivity index (χ0n) is 6.33. The predicted octanol–water partition coefficient (Wildman–Crippen LogP) is 1.91. The summed E-state index contributed by atoms with van der Waals surface area (Å²) in [6, 6.07) is 1.65. The van der Waals surface area contributed by atoms with Crippen LogP contribution in [0.15, 0.2) is 12.3 Å². The van der Waals surface area contributed by atoms with Crippen LogP contribution < -0.4 is 5.73 Å². The lowest BCUT2D eigenvalue weighted by Crippen LogP contribution is -1.92. The average Bonchev–Trinajstić information content (AvgIpc) is 2.06. The summed E-state index contributed by atoms with van der Waals surface area (Å²) < 4.78 is 0. The van der Waals surface area contributed by atoms with Gasteiger partial charge < -0.3 is 5.73 Å². The summed E-state index contributed by atoms with van der Waals surface area (Å²) in [7, 11) is 0. The number of rotatable bonds is 0. The Bertz CT molecular complexity index is 471. The van der Waals surface area contributed by atoms with Gasteiger partial charge in [-0.25, -0.2) is 9.97 Å². The molecule has 0 saturated heterocycles. The highest BCUT2D eigenvalue weighted by Crippen LogP contribution is 2.21. The Morgan fingerprint density at radius 2 is 2.00 bits per heavy atom. The van der Waals surface area contributed by atoms with Crippen LogP contribution in [-0.4, -0.2) is 15.0 Å². The molecule has 2 aromatic heterocycles. The van der Waals surface area contributed by atoms with Crippen molar-refractivity contribution < 1.29 is 0 Å². The summed E-state index contributed by atoms with van der Waals surface area (Å²) in [4.78, 5) is 11.6. The van der Waals surface area contributed by atoms with Gasteiger partial charge in [-0.05, 0) is 17.7 Å². The number of hydrogen-bond donors (Lipinski definition) is 1. The summed E-state index contributed by atoms with van der Waals surface area (Å²) in [6.07, 6.45) is 1.49. The van der Waals surface area contributed by atoms with Crippen molar-refractivity contribution in [3.05, 3.63) is 22.7 Å². The Kier molecular flexibility index (Phi) is 1.94. The van der Waals surface area contributed by atoms with Crippen molar-refractivity contribution in [2.75, 3.05) is 5.73 Å². The van der Waals surface area contributed by atoms with Crippen LogP contribution in [0.5, 0.6) is 0 Å². The Hall–Kier alpha value is -1.13. The quantitative estimate of drug-likeness (QED) is 0.538. The van der Waals surface area contributed by atoms with E-state index in [1.807, 2.05) is 0 Å². The summed E-state index contributed by atoms with van der Waals surface area (Å²) in [5.41, 5.74) is 6.48. The van der Waals surface area contributed by atoms with Crippen LogP contribution in [0.3, 0.4) is 0 Å². The maximum Gasteiger partial charge on any atom is 0.225 e. The van der Waals surface area contributed by atoms with Crippen LogP contribution in [0.25, 0.3) is 11.0 Å². The van der Waals surface area contributed by atoms with Crippen LogP contribution in [0.4, 0.5) is 5.69 Å². The van der Waals surface area contributed by atoms with E-state index >= 15 is 0 Å². The third-order valence-corrected chi connectivity index (χ3v) is 1.96. The zero-order valence-corrected chi connectivity index (χ0v) is 7.84. The minimum atomic E-state index is 0.0785. The van der Waals surface area contributed by atoms with E-state index < -0.39 is 0 Å². The van der Waals surface area contributed by atoms with Crippen molar-refractivity contribution in [2.45, 2.75) is 0 Å². The van der Waals surface area contributed by atoms with Crippen molar-refractivity contribution >= 4 is 39.9 Å². The molecule has 0 aliphatic rings. The molecule has 2 N–H and O–H groups in total. The number of hydrogen-bond acceptors (Lipinski definition) is 4. The lowest BCUT2D eigenvalue weighted by molar-refractivity contribution is 1.18. The number of nitrogen functional groups attached to an aromatic ring is 1. The molecule has 0 aliphatic heterocycles. The van der Waals surface area contributed by atoms with Gasteiger partial charge in [0.2, 0.25) is 5.28 Å². The molecule has 0 radical (unpaired) electrons. The molecule has 0 atom stereocenters. The number of fused-ring (bicyclic) bond motifs is 1. The third kappa shape index (κ3) is 1.50. The minimum Gasteiger partial charge on any atom is -0.397 e. The maximum absolute atomic E-state index is 5.80. The Labute approximate surface area is 83.7 Å². The van der Waals surface area contributed by atoms with Gasteiger partial charge in [0.05, 0.1) is 17.3 Å². The van der Waals surface area contributed by atoms with E-state index in [1.165, 1.54) is 6.20 Å². The SMILES string of the molecule is Nc1cnc2nc(Cl)nc(Cl)c2c1. The van der Waals surface area contributed by atoms with Crippen LogP contribution in [-0.2, 0) is 0 Å². The molecule has 0 aromatic carbocycles. The molecule has 2 heterocycles. The smallest absolute Gasteiger partial charge is 0.225 e. The fourth-order valence-corrected chi connectivity index (χ4v) is 1.40. The number of nitrogens with two attached hydrogens (primary N) is 1. The molecule has 0 saturated carbocycles. The van der Waals surface area contributed by atoms with E-state index in [1.54, 1.807) is 6.07 Å². The summed E-state index contributed by atoms with van der Waals surface area (Å²) >= 11 is 11.4. The molecule has 2 rings (SSSR count). The van der Waals surface area contributed by atoms with Crippen molar-refractivity contribution in [1.82, 2.24) is 15.0 Å². The number of aromatic nitrogens is 3. The molecule has 0 aliphatic carbocycles. The molecular formula is C7H4Cl2N4. The van der Waals surface area contributed by atoms with Crippen LogP contribution in [0, 0.1) is 0 Å². The summed E-state index contributed by atoms with van der Waals surface area (Å²) in [6.45, 7) is 0. The lowest BCUT2D eigenvalue weighted by atomic mass is 10.3. The van der Waals surface area contributed by atoms with E-state index in [2.05, 4.69) is 15.0 Å². The van der Waals surface area contributed by atoms with Crippen LogP contribution in [0.1, 0.15) is 0 Å². The van der Waals surface area contributed by atoms with Gasteiger partial charge in [0.25, 0.3) is 0 Å². The first-order valence-electron chi connectivity index (χ1n) is 3.41. The van der Waals surface area contributed by atoms with Gasteiger partial charge >= 0.3 is 0 Å². The molecule has 4 nitrogen and oxygen atoms in total. The number of anilines is 1. The fourth-order valence-electron chi connectivity index (χ4n) is 0.968. The molecule has 6 heteroatoms. The summed E-state index contributed by atoms with van der Waals surface area (Å²) in [5, 5.41) is 0.940. The van der Waals surface area contributed by atoms with Crippen molar-refractivity contribution in [3.8, 4) is 0 Å². The van der Waals surface area contributed by atoms with Crippen LogP contribution >= 0.6 is 23.2 Å². The van der Waals surface area contributed by atoms with Gasteiger partial charge in [0.1, 0.15) is 5.15 Å². The lowest BCUT2D eigenvalue weighted by Gasteiger charge is -1.99. The van der Waals surface area contributed by atoms with Gasteiger partial charge in [-0.2, -0.15) is 4.98 Å². The Morgan fingerprint density at radius 1 is 1.23 bits per heavy atom. The average molecular weight is 215 g/mol. The molecule has 2 aromatic rings. The molecule has 66 valence electrons. The molecule has 0 fully saturated rings. The maximum atomic E-state index is 5.80. The van der Waals surface area contributed by atoms with E-state index in [0.29, 0.717) is 16.7 Å². The zero-order chi connectivity index (χ0) is 9.42. The molecule has 13 heavy (non-hydrogen) atoms. The third-order valence-electron chi connectivity index (χ3n) is 1.50. The van der Waals surface area contributed by atoms with E-state index in [-0.39, 0.29) is 10.4 Å². The monoisotopic (exact) mass is 214 g/mol. The second-order valence-corrected chi connectivity index (χ2v) is 3.12. The highest BCUT2D eigenvalue weighted by molar-refractivity contribution is 6.35. The minimum absolute atomic E-state index is 0.0785. The second-order valence-electron chi connectivity index (χ2n) is 2.42. The molecule has 0 bridgehead atoms. The molecule has 0 spiro atoms. The van der Waals surface area contributed by atoms with Crippen molar-refractivity contribution in [2.24, 2.45) is 0 Å². The highest BCUT2D eigenvalue weighted by atomic mass is 35.5. The van der Waals surface area contributed by atoms with E-state index in [0.717, 1.165) is 0 Å². The van der Waals surface area contributed by atoms with Crippen LogP contribution in [0.2, 0.25) is 10.4 Å². The molecule has 0 unspecified atom stereocenters. The van der Waals surface area contributed by atoms with Gasteiger partial charge in [0.15, 0.2) is 5.65 Å². The molecular weight excluding hydrogens is 211 g/mol. The largest absolute Gasteiger partial charge is 0.397 e. The Morgan fingerprint density at radius 3 is 2.77 bits per heavy atom. The van der Waals surface area contributed by atoms with Crippen molar-refractivity contribution in [3.63, 3.8) is 0 Å². The fraction of sp³-hybridized carbons (Fsp3) is 0. The standard InChI is InChI=1S/C7H4Cl2N4/c8-5-4-1-3(10)2-11-6(4)13-7(9)12-5/h1-2H,10H2. The number of pyridine rings is 1. The van der Waals surface area contributed by atoms with Crippen molar-refractivity contribution in [1.29, 1.82) is 0 Å². The summed E-state index contributed by atoms with van der Waals surface area (Å²) in [5.74, 6) is 0. The van der Waals surface area contributed by atoms with E-state index in [4.69, 9.17) is 28.9 Å². The van der Waals surface area contributed by atoms with Gasteiger partial charge in [0, 0.05) is 0 Å². The first kappa shape index (κ1) is 8.47. The van der Waals surface area contributed by atoms with Gasteiger partial charge in [-0.3, -0.25) is 0 Å². The van der Waals surface area contributed by atoms with Gasteiger partial charge in [-0.15, -0.1) is 0 Å². The first-order chi connectivity index (χ1) is 6.16.